The van der Waals surface area contributed by atoms with Crippen molar-refractivity contribution in [2.75, 3.05) is 5.75 Å². The fraction of sp³-hybridized carbons (Fsp3) is 0.529. The molecule has 24 heavy (non-hydrogen) atoms. The van der Waals surface area contributed by atoms with Crippen molar-refractivity contribution in [2.45, 2.75) is 50.3 Å². The molecule has 6 nitrogen and oxygen atoms in total. The third-order valence-corrected chi connectivity index (χ3v) is 6.01. The van der Waals surface area contributed by atoms with Crippen molar-refractivity contribution in [3.05, 3.63) is 29.8 Å². The lowest BCUT2D eigenvalue weighted by Crippen LogP contribution is -2.45. The Balaban J connectivity index is 1.78. The molecule has 0 radical (unpaired) electrons. The molecule has 0 aliphatic heterocycles. The third-order valence-electron chi connectivity index (χ3n) is 4.28. The average molecular weight is 352 g/mol. The zero-order valence-corrected chi connectivity index (χ0v) is 14.7. The molecule has 0 bridgehead atoms. The number of carbonyl (C=O) groups excluding carboxylic acids is 2. The predicted molar refractivity (Wildman–Crippen MR) is 90.7 cm³/mol. The first kappa shape index (κ1) is 18.4. The van der Waals surface area contributed by atoms with Gasteiger partial charge in [-0.15, -0.1) is 0 Å². The molecule has 1 saturated carbocycles. The monoisotopic (exact) mass is 352 g/mol. The lowest BCUT2D eigenvalue weighted by molar-refractivity contribution is -0.131. The fourth-order valence-electron chi connectivity index (χ4n) is 2.75. The van der Waals surface area contributed by atoms with Crippen LogP contribution in [0.15, 0.2) is 29.2 Å². The summed E-state index contributed by atoms with van der Waals surface area (Å²) in [4.78, 5) is 23.9. The maximum atomic E-state index is 12.2. The minimum atomic E-state index is -3.50. The van der Waals surface area contributed by atoms with Crippen LogP contribution in [-0.2, 0) is 19.4 Å². The van der Waals surface area contributed by atoms with Gasteiger partial charge in [0.15, 0.2) is 9.84 Å². The largest absolute Gasteiger partial charge is 0.273 e. The Bertz CT molecular complexity index is 677. The highest BCUT2D eigenvalue weighted by molar-refractivity contribution is 7.91. The number of aryl methyl sites for hydroxylation is 1. The SMILES string of the molecule is Cc1ccc(S(=O)(=O)CCC(=O)NNC(=O)C2CCCCC2)cc1. The minimum absolute atomic E-state index is 0.0599. The Kier molecular flexibility index (Phi) is 6.36. The molecule has 1 aromatic carbocycles. The molecule has 2 amide bonds. The highest BCUT2D eigenvalue weighted by atomic mass is 32.2. The number of sulfone groups is 1. The molecule has 132 valence electrons. The molecule has 2 N–H and O–H groups in total. The molecule has 0 aromatic heterocycles. The molecule has 2 rings (SSSR count). The first-order chi connectivity index (χ1) is 11.4. The van der Waals surface area contributed by atoms with Crippen LogP contribution in [-0.4, -0.2) is 26.0 Å². The van der Waals surface area contributed by atoms with Gasteiger partial charge in [0.1, 0.15) is 0 Å². The van der Waals surface area contributed by atoms with Crippen molar-refractivity contribution in [1.29, 1.82) is 0 Å². The van der Waals surface area contributed by atoms with Gasteiger partial charge in [-0.25, -0.2) is 8.42 Å². The molecule has 1 aliphatic carbocycles. The quantitative estimate of drug-likeness (QED) is 0.792. The average Bonchev–Trinajstić information content (AvgIpc) is 2.59. The third kappa shape index (κ3) is 5.33. The molecule has 0 heterocycles. The van der Waals surface area contributed by atoms with Gasteiger partial charge in [-0.2, -0.15) is 0 Å². The van der Waals surface area contributed by atoms with Crippen LogP contribution in [0.5, 0.6) is 0 Å². The zero-order valence-electron chi connectivity index (χ0n) is 13.9. The lowest BCUT2D eigenvalue weighted by atomic mass is 9.89. The van der Waals surface area contributed by atoms with Crippen LogP contribution < -0.4 is 10.9 Å². The molecule has 0 unspecified atom stereocenters. The first-order valence-electron chi connectivity index (χ1n) is 8.26. The van der Waals surface area contributed by atoms with Crippen molar-refractivity contribution in [2.24, 2.45) is 5.92 Å². The molecule has 1 fully saturated rings. The van der Waals surface area contributed by atoms with E-state index in [1.807, 2.05) is 6.92 Å². The summed E-state index contributed by atoms with van der Waals surface area (Å²) >= 11 is 0. The Labute approximate surface area is 142 Å². The van der Waals surface area contributed by atoms with Crippen LogP contribution in [0.2, 0.25) is 0 Å². The van der Waals surface area contributed by atoms with E-state index in [9.17, 15) is 18.0 Å². The highest BCUT2D eigenvalue weighted by Crippen LogP contribution is 2.23. The second kappa shape index (κ2) is 8.28. The summed E-state index contributed by atoms with van der Waals surface area (Å²) in [6, 6.07) is 6.51. The molecule has 0 saturated heterocycles. The van der Waals surface area contributed by atoms with Crippen LogP contribution >= 0.6 is 0 Å². The number of amides is 2. The van der Waals surface area contributed by atoms with Gasteiger partial charge in [-0.05, 0) is 31.9 Å². The van der Waals surface area contributed by atoms with Crippen molar-refractivity contribution in [3.63, 3.8) is 0 Å². The fourth-order valence-corrected chi connectivity index (χ4v) is 3.99. The van der Waals surface area contributed by atoms with Gasteiger partial charge in [0.2, 0.25) is 11.8 Å². The van der Waals surface area contributed by atoms with E-state index in [2.05, 4.69) is 10.9 Å². The van der Waals surface area contributed by atoms with E-state index in [0.29, 0.717) is 0 Å². The number of hydrogen-bond donors (Lipinski definition) is 2. The Morgan fingerprint density at radius 1 is 1.04 bits per heavy atom. The maximum Gasteiger partial charge on any atom is 0.241 e. The van der Waals surface area contributed by atoms with E-state index in [1.165, 1.54) is 12.1 Å². The minimum Gasteiger partial charge on any atom is -0.273 e. The van der Waals surface area contributed by atoms with Crippen molar-refractivity contribution in [1.82, 2.24) is 10.9 Å². The predicted octanol–water partition coefficient (Wildman–Crippen LogP) is 1.89. The summed E-state index contributed by atoms with van der Waals surface area (Å²) in [6.45, 7) is 1.87. The Morgan fingerprint density at radius 2 is 1.67 bits per heavy atom. The van der Waals surface area contributed by atoms with E-state index in [1.54, 1.807) is 12.1 Å². The highest BCUT2D eigenvalue weighted by Gasteiger charge is 2.22. The van der Waals surface area contributed by atoms with E-state index >= 15 is 0 Å². The van der Waals surface area contributed by atoms with Gasteiger partial charge in [-0.3, -0.25) is 20.4 Å². The van der Waals surface area contributed by atoms with Crippen LogP contribution in [0, 0.1) is 12.8 Å². The van der Waals surface area contributed by atoms with Crippen LogP contribution in [0.4, 0.5) is 0 Å². The zero-order chi connectivity index (χ0) is 17.6. The molecule has 7 heteroatoms. The second-order valence-electron chi connectivity index (χ2n) is 6.25. The Morgan fingerprint density at radius 3 is 2.29 bits per heavy atom. The number of carbonyl (C=O) groups is 2. The van der Waals surface area contributed by atoms with Gasteiger partial charge in [0, 0.05) is 12.3 Å². The van der Waals surface area contributed by atoms with Gasteiger partial charge < -0.3 is 0 Å². The number of hydrogen-bond acceptors (Lipinski definition) is 4. The van der Waals surface area contributed by atoms with Crippen LogP contribution in [0.3, 0.4) is 0 Å². The van der Waals surface area contributed by atoms with E-state index in [-0.39, 0.29) is 28.9 Å². The summed E-state index contributed by atoms with van der Waals surface area (Å²) in [5, 5.41) is 0. The maximum absolute atomic E-state index is 12.2. The number of nitrogens with one attached hydrogen (secondary N) is 2. The first-order valence-corrected chi connectivity index (χ1v) is 9.92. The molecule has 0 spiro atoms. The van der Waals surface area contributed by atoms with Crippen LogP contribution in [0.1, 0.15) is 44.1 Å². The van der Waals surface area contributed by atoms with Crippen molar-refractivity contribution in [3.8, 4) is 0 Å². The van der Waals surface area contributed by atoms with Gasteiger partial charge in [0.25, 0.3) is 0 Å². The summed E-state index contributed by atoms with van der Waals surface area (Å²) in [7, 11) is -3.50. The van der Waals surface area contributed by atoms with Gasteiger partial charge >= 0.3 is 0 Å². The number of rotatable bonds is 5. The summed E-state index contributed by atoms with van der Waals surface area (Å²) < 4.78 is 24.3. The van der Waals surface area contributed by atoms with Gasteiger partial charge in [-0.1, -0.05) is 37.0 Å². The van der Waals surface area contributed by atoms with Gasteiger partial charge in [0.05, 0.1) is 10.6 Å². The van der Waals surface area contributed by atoms with E-state index < -0.39 is 15.7 Å². The standard InChI is InChI=1S/C17H24N2O4S/c1-13-7-9-15(10-8-13)24(22,23)12-11-16(20)18-19-17(21)14-5-3-2-4-6-14/h7-10,14H,2-6,11-12H2,1H3,(H,18,20)(H,19,21). The molecular formula is C17H24N2O4S. The van der Waals surface area contributed by atoms with Crippen molar-refractivity contribution < 1.29 is 18.0 Å². The number of benzene rings is 1. The smallest absolute Gasteiger partial charge is 0.241 e. The summed E-state index contributed by atoms with van der Waals surface area (Å²) in [5.74, 6) is -1.05. The lowest BCUT2D eigenvalue weighted by Gasteiger charge is -2.20. The van der Waals surface area contributed by atoms with E-state index in [0.717, 1.165) is 37.7 Å². The molecule has 1 aliphatic rings. The molecule has 0 atom stereocenters. The van der Waals surface area contributed by atoms with Crippen molar-refractivity contribution >= 4 is 21.7 Å². The van der Waals surface area contributed by atoms with E-state index in [4.69, 9.17) is 0 Å². The Hall–Kier alpha value is -1.89. The summed E-state index contributed by atoms with van der Waals surface area (Å²) in [6.07, 6.45) is 4.68. The molecular weight excluding hydrogens is 328 g/mol. The number of hydrazine groups is 1. The van der Waals surface area contributed by atoms with Crippen LogP contribution in [0.25, 0.3) is 0 Å². The normalized spacial score (nSPS) is 15.7. The molecule has 1 aromatic rings. The topological polar surface area (TPSA) is 92.3 Å². The summed E-state index contributed by atoms with van der Waals surface area (Å²) in [5.41, 5.74) is 5.68. The second-order valence-corrected chi connectivity index (χ2v) is 8.36.